The van der Waals surface area contributed by atoms with Crippen molar-refractivity contribution in [1.82, 2.24) is 20.7 Å². The molecule has 8 heteroatoms. The van der Waals surface area contributed by atoms with Crippen molar-refractivity contribution in [3.05, 3.63) is 94.2 Å². The summed E-state index contributed by atoms with van der Waals surface area (Å²) < 4.78 is 0. The molecule has 2 aliphatic heterocycles. The number of rotatable bonds is 6. The summed E-state index contributed by atoms with van der Waals surface area (Å²) in [6, 6.07) is 21.8. The van der Waals surface area contributed by atoms with Crippen molar-refractivity contribution in [1.29, 1.82) is 0 Å². The Kier molecular flexibility index (Phi) is 5.70. The van der Waals surface area contributed by atoms with Crippen LogP contribution < -0.4 is 10.7 Å². The molecule has 33 heavy (non-hydrogen) atoms. The first-order valence-electron chi connectivity index (χ1n) is 10.9. The van der Waals surface area contributed by atoms with Crippen LogP contribution in [0.4, 0.5) is 4.79 Å². The Morgan fingerprint density at radius 1 is 1.00 bits per heavy atom. The number of urea groups is 1. The lowest BCUT2D eigenvalue weighted by atomic mass is 9.83. The van der Waals surface area contributed by atoms with Crippen LogP contribution in [0.2, 0.25) is 0 Å². The smallest absolute Gasteiger partial charge is 0.314 e. The molecule has 4 amide bonds. The van der Waals surface area contributed by atoms with E-state index in [1.165, 1.54) is 4.88 Å². The number of hydrogen-bond donors (Lipinski definition) is 2. The summed E-state index contributed by atoms with van der Waals surface area (Å²) in [5.74, 6) is -0.923. The second-order valence-electron chi connectivity index (χ2n) is 8.23. The first-order chi connectivity index (χ1) is 16.1. The van der Waals surface area contributed by atoms with E-state index in [-0.39, 0.29) is 18.5 Å². The van der Waals surface area contributed by atoms with Gasteiger partial charge in [0, 0.05) is 10.9 Å². The number of nitrogens with zero attached hydrogens (tertiary/aromatic N) is 2. The Labute approximate surface area is 196 Å². The van der Waals surface area contributed by atoms with Gasteiger partial charge in [0.2, 0.25) is 0 Å². The molecule has 3 aromatic rings. The zero-order valence-electron chi connectivity index (χ0n) is 17.9. The molecule has 1 aromatic heterocycles. The number of thiophene rings is 1. The first kappa shape index (κ1) is 21.4. The van der Waals surface area contributed by atoms with Crippen molar-refractivity contribution in [2.75, 3.05) is 13.1 Å². The minimum absolute atomic E-state index is 0.114. The Balaban J connectivity index is 1.38. The molecule has 0 spiro atoms. The van der Waals surface area contributed by atoms with Gasteiger partial charge in [-0.05, 0) is 42.0 Å². The van der Waals surface area contributed by atoms with Crippen LogP contribution in [0.15, 0.2) is 78.2 Å². The van der Waals surface area contributed by atoms with E-state index >= 15 is 0 Å². The molecular formula is C25H24N4O3S. The zero-order chi connectivity index (χ0) is 22.8. The van der Waals surface area contributed by atoms with Gasteiger partial charge >= 0.3 is 6.03 Å². The number of hydrazine groups is 1. The highest BCUT2D eigenvalue weighted by Crippen LogP contribution is 2.36. The lowest BCUT2D eigenvalue weighted by Crippen LogP contribution is -2.51. The van der Waals surface area contributed by atoms with E-state index in [2.05, 4.69) is 21.7 Å². The maximum Gasteiger partial charge on any atom is 0.344 e. The lowest BCUT2D eigenvalue weighted by molar-refractivity contribution is -0.138. The van der Waals surface area contributed by atoms with E-state index in [0.29, 0.717) is 11.1 Å². The average Bonchev–Trinajstić information content (AvgIpc) is 3.58. The highest BCUT2D eigenvalue weighted by molar-refractivity contribution is 7.10. The fraction of sp³-hybridized carbons (Fsp3) is 0.240. The van der Waals surface area contributed by atoms with Crippen molar-refractivity contribution >= 4 is 29.2 Å². The summed E-state index contributed by atoms with van der Waals surface area (Å²) in [5, 5.41) is 5.69. The van der Waals surface area contributed by atoms with Gasteiger partial charge in [0.1, 0.15) is 0 Å². The molecular weight excluding hydrogens is 436 g/mol. The molecule has 2 saturated heterocycles. The molecule has 2 fully saturated rings. The van der Waals surface area contributed by atoms with Crippen molar-refractivity contribution in [2.24, 2.45) is 0 Å². The summed E-state index contributed by atoms with van der Waals surface area (Å²) in [4.78, 5) is 42.9. The van der Waals surface area contributed by atoms with Crippen LogP contribution in [0.5, 0.6) is 0 Å². The minimum atomic E-state index is -1.40. The molecule has 0 saturated carbocycles. The largest absolute Gasteiger partial charge is 0.344 e. The third-order valence-corrected chi connectivity index (χ3v) is 7.23. The molecule has 7 nitrogen and oxygen atoms in total. The van der Waals surface area contributed by atoms with Crippen LogP contribution in [0.25, 0.3) is 0 Å². The predicted molar refractivity (Wildman–Crippen MR) is 125 cm³/mol. The quantitative estimate of drug-likeness (QED) is 0.553. The van der Waals surface area contributed by atoms with Crippen molar-refractivity contribution in [3.8, 4) is 0 Å². The molecule has 5 rings (SSSR count). The van der Waals surface area contributed by atoms with Gasteiger partial charge in [-0.2, -0.15) is 5.01 Å². The number of benzene rings is 2. The Bertz CT molecular complexity index is 1110. The number of imide groups is 1. The number of amides is 4. The topological polar surface area (TPSA) is 81.8 Å². The summed E-state index contributed by atoms with van der Waals surface area (Å²) in [7, 11) is 0. The average molecular weight is 461 g/mol. The second-order valence-corrected chi connectivity index (χ2v) is 9.21. The van der Waals surface area contributed by atoms with E-state index in [1.807, 2.05) is 47.8 Å². The fourth-order valence-corrected chi connectivity index (χ4v) is 5.62. The Hall–Kier alpha value is -3.49. The highest BCUT2D eigenvalue weighted by atomic mass is 32.1. The minimum Gasteiger partial charge on any atom is -0.314 e. The summed E-state index contributed by atoms with van der Waals surface area (Å²) in [6.07, 6.45) is 1.99. The van der Waals surface area contributed by atoms with Crippen molar-refractivity contribution in [2.45, 2.75) is 24.4 Å². The Morgan fingerprint density at radius 3 is 2.27 bits per heavy atom. The third-order valence-electron chi connectivity index (χ3n) is 6.25. The maximum absolute atomic E-state index is 13.7. The molecule has 3 heterocycles. The number of likely N-dealkylation sites (tertiary alicyclic amines) is 1. The maximum atomic E-state index is 13.7. The van der Waals surface area contributed by atoms with Gasteiger partial charge in [0.15, 0.2) is 5.54 Å². The van der Waals surface area contributed by atoms with Crippen molar-refractivity contribution in [3.63, 3.8) is 0 Å². The number of carbonyl (C=O) groups is 3. The highest BCUT2D eigenvalue weighted by Gasteiger charge is 2.54. The molecule has 2 aliphatic rings. The van der Waals surface area contributed by atoms with Gasteiger partial charge in [-0.1, -0.05) is 66.7 Å². The van der Waals surface area contributed by atoms with E-state index in [4.69, 9.17) is 0 Å². The monoisotopic (exact) mass is 460 g/mol. The molecule has 168 valence electrons. The molecule has 2 aromatic carbocycles. The van der Waals surface area contributed by atoms with Gasteiger partial charge in [-0.15, -0.1) is 11.3 Å². The fourth-order valence-electron chi connectivity index (χ4n) is 4.73. The first-order valence-corrected chi connectivity index (χ1v) is 11.8. The normalized spacial score (nSPS) is 20.1. The van der Waals surface area contributed by atoms with Crippen LogP contribution in [0.1, 0.15) is 34.9 Å². The lowest BCUT2D eigenvalue weighted by Gasteiger charge is -2.28. The Morgan fingerprint density at radius 2 is 1.67 bits per heavy atom. The zero-order valence-corrected chi connectivity index (χ0v) is 18.8. The molecule has 2 N–H and O–H groups in total. The molecule has 0 bridgehead atoms. The van der Waals surface area contributed by atoms with Crippen LogP contribution >= 0.6 is 11.3 Å². The predicted octanol–water partition coefficient (Wildman–Crippen LogP) is 3.41. The SMILES string of the molecule is O=C(CN1CCC[C@@H]1c1cccs1)NN1C(=O)NC(c2ccccc2)(c2ccccc2)C1=O. The standard InChI is InChI=1S/C25H24N4O3S/c30-22(17-28-15-7-13-20(28)21-14-8-16-33-21)27-29-23(31)25(26-24(29)32,18-9-3-1-4-10-18)19-11-5-2-6-12-19/h1-6,8-12,14,16,20H,7,13,15,17H2,(H,26,32)(H,27,30)/t20-/m1/s1. The van der Waals surface area contributed by atoms with Gasteiger partial charge in [0.05, 0.1) is 6.54 Å². The van der Waals surface area contributed by atoms with E-state index in [9.17, 15) is 14.4 Å². The van der Waals surface area contributed by atoms with Gasteiger partial charge in [0.25, 0.3) is 11.8 Å². The number of carbonyl (C=O) groups excluding carboxylic acids is 3. The number of nitrogens with one attached hydrogen (secondary N) is 2. The third kappa shape index (κ3) is 3.81. The van der Waals surface area contributed by atoms with Crippen LogP contribution in [0, 0.1) is 0 Å². The van der Waals surface area contributed by atoms with E-state index in [1.54, 1.807) is 35.6 Å². The van der Waals surface area contributed by atoms with Crippen LogP contribution in [-0.4, -0.2) is 40.8 Å². The van der Waals surface area contributed by atoms with Gasteiger partial charge < -0.3 is 5.32 Å². The molecule has 0 unspecified atom stereocenters. The van der Waals surface area contributed by atoms with Gasteiger partial charge in [-0.3, -0.25) is 19.9 Å². The summed E-state index contributed by atoms with van der Waals surface area (Å²) in [5.41, 5.74) is 2.41. The molecule has 0 aliphatic carbocycles. The second kappa shape index (κ2) is 8.80. The molecule has 1 atom stereocenters. The van der Waals surface area contributed by atoms with Crippen molar-refractivity contribution < 1.29 is 14.4 Å². The van der Waals surface area contributed by atoms with E-state index in [0.717, 1.165) is 24.4 Å². The number of hydrogen-bond acceptors (Lipinski definition) is 5. The van der Waals surface area contributed by atoms with E-state index < -0.39 is 17.5 Å². The summed E-state index contributed by atoms with van der Waals surface area (Å²) >= 11 is 1.68. The summed E-state index contributed by atoms with van der Waals surface area (Å²) in [6.45, 7) is 0.914. The van der Waals surface area contributed by atoms with Gasteiger partial charge in [-0.25, -0.2) is 4.79 Å². The van der Waals surface area contributed by atoms with Crippen LogP contribution in [0.3, 0.4) is 0 Å². The van der Waals surface area contributed by atoms with Crippen LogP contribution in [-0.2, 0) is 15.1 Å². The molecule has 0 radical (unpaired) electrons.